The lowest BCUT2D eigenvalue weighted by atomic mass is 9.89. The highest BCUT2D eigenvalue weighted by atomic mass is 16.2. The molecule has 2 heterocycles. The average Bonchev–Trinajstić information content (AvgIpc) is 2.99. The van der Waals surface area contributed by atoms with Gasteiger partial charge in [-0.1, -0.05) is 30.9 Å². The summed E-state index contributed by atoms with van der Waals surface area (Å²) in [6.45, 7) is 5.64. The number of aromatic nitrogens is 1. The van der Waals surface area contributed by atoms with Gasteiger partial charge in [0, 0.05) is 55.6 Å². The fraction of sp³-hybridized carbons (Fsp3) is 0.609. The standard InChI is InChI=1S/C23H34N4O/c1-17-8-9-21-19(14-17)20-16-25(2)12-10-22(20)26(21)13-11-23(28)27(24)15-18-6-4-3-5-7-18/h8-9,14,18H,3-7,10-13,15-16,24H2,1-2H3. The Balaban J connectivity index is 1.49. The number of benzene rings is 1. The molecule has 0 bridgehead atoms. The SMILES string of the molecule is Cc1ccc2c(c1)c1c(n2CCC(=O)N(N)CC2CCCCC2)CCN(C)C1. The molecule has 4 rings (SSSR count). The fourth-order valence-electron chi connectivity index (χ4n) is 5.05. The first kappa shape index (κ1) is 19.5. The summed E-state index contributed by atoms with van der Waals surface area (Å²) in [5, 5.41) is 2.84. The Bertz CT molecular complexity index is 850. The largest absolute Gasteiger partial charge is 0.344 e. The van der Waals surface area contributed by atoms with Crippen molar-refractivity contribution in [2.45, 2.75) is 65.0 Å². The molecule has 152 valence electrons. The van der Waals surface area contributed by atoms with E-state index >= 15 is 0 Å². The maximum atomic E-state index is 12.7. The number of nitrogens with two attached hydrogens (primary N) is 1. The first-order valence-corrected chi connectivity index (χ1v) is 10.9. The molecule has 2 N–H and O–H groups in total. The molecule has 0 atom stereocenters. The zero-order valence-electron chi connectivity index (χ0n) is 17.4. The van der Waals surface area contributed by atoms with Gasteiger partial charge in [0.1, 0.15) is 0 Å². The molecule has 5 nitrogen and oxygen atoms in total. The van der Waals surface area contributed by atoms with Gasteiger partial charge in [-0.3, -0.25) is 9.80 Å². The van der Waals surface area contributed by atoms with Gasteiger partial charge in [0.05, 0.1) is 0 Å². The van der Waals surface area contributed by atoms with E-state index in [1.807, 2.05) is 0 Å². The van der Waals surface area contributed by atoms with Gasteiger partial charge >= 0.3 is 0 Å². The van der Waals surface area contributed by atoms with Crippen LogP contribution in [0.5, 0.6) is 0 Å². The van der Waals surface area contributed by atoms with E-state index in [1.165, 1.54) is 64.8 Å². The summed E-state index contributed by atoms with van der Waals surface area (Å²) in [7, 11) is 2.18. The molecule has 2 aliphatic rings. The lowest BCUT2D eigenvalue weighted by molar-refractivity contribution is -0.132. The van der Waals surface area contributed by atoms with Crippen LogP contribution in [-0.2, 0) is 24.3 Å². The molecule has 0 saturated heterocycles. The normalized spacial score (nSPS) is 18.4. The Morgan fingerprint density at radius 2 is 2.04 bits per heavy atom. The van der Waals surface area contributed by atoms with E-state index in [0.717, 1.165) is 26.1 Å². The molecule has 1 saturated carbocycles. The highest BCUT2D eigenvalue weighted by Crippen LogP contribution is 2.31. The number of hydrogen-bond acceptors (Lipinski definition) is 3. The zero-order chi connectivity index (χ0) is 19.7. The molecule has 1 aliphatic carbocycles. The molecular weight excluding hydrogens is 348 g/mol. The Morgan fingerprint density at radius 3 is 2.82 bits per heavy atom. The maximum Gasteiger partial charge on any atom is 0.238 e. The molecule has 1 fully saturated rings. The minimum absolute atomic E-state index is 0.0706. The highest BCUT2D eigenvalue weighted by Gasteiger charge is 2.24. The fourth-order valence-corrected chi connectivity index (χ4v) is 5.05. The third kappa shape index (κ3) is 3.96. The quantitative estimate of drug-likeness (QED) is 0.488. The summed E-state index contributed by atoms with van der Waals surface area (Å²) < 4.78 is 2.38. The van der Waals surface area contributed by atoms with E-state index < -0.39 is 0 Å². The molecule has 0 unspecified atom stereocenters. The number of aryl methyl sites for hydroxylation is 2. The first-order chi connectivity index (χ1) is 13.5. The van der Waals surface area contributed by atoms with Crippen molar-refractivity contribution in [2.75, 3.05) is 20.1 Å². The number of carbonyl (C=O) groups is 1. The molecule has 1 aromatic heterocycles. The second-order valence-corrected chi connectivity index (χ2v) is 8.89. The smallest absolute Gasteiger partial charge is 0.238 e. The van der Waals surface area contributed by atoms with Crippen molar-refractivity contribution >= 4 is 16.8 Å². The predicted octanol–water partition coefficient (Wildman–Crippen LogP) is 3.61. The number of nitrogens with zero attached hydrogens (tertiary/aromatic N) is 3. The number of likely N-dealkylation sites (N-methyl/N-ethyl adjacent to an activating group) is 1. The molecule has 1 aliphatic heterocycles. The molecule has 28 heavy (non-hydrogen) atoms. The Kier molecular flexibility index (Phi) is 5.74. The van der Waals surface area contributed by atoms with Crippen LogP contribution in [0.4, 0.5) is 0 Å². The van der Waals surface area contributed by atoms with Gasteiger partial charge in [-0.2, -0.15) is 0 Å². The van der Waals surface area contributed by atoms with Crippen molar-refractivity contribution in [3.63, 3.8) is 0 Å². The van der Waals surface area contributed by atoms with Crippen LogP contribution in [0.1, 0.15) is 55.3 Å². The van der Waals surface area contributed by atoms with Gasteiger partial charge in [-0.05, 0) is 50.4 Å². The Hall–Kier alpha value is -1.85. The molecule has 2 aromatic rings. The monoisotopic (exact) mass is 382 g/mol. The van der Waals surface area contributed by atoms with Crippen molar-refractivity contribution in [1.29, 1.82) is 0 Å². The van der Waals surface area contributed by atoms with Gasteiger partial charge in [-0.25, -0.2) is 5.84 Å². The summed E-state index contributed by atoms with van der Waals surface area (Å²) in [5.74, 6) is 6.80. The number of rotatable bonds is 5. The van der Waals surface area contributed by atoms with Crippen molar-refractivity contribution in [3.05, 3.63) is 35.0 Å². The number of fused-ring (bicyclic) bond motifs is 3. The summed E-state index contributed by atoms with van der Waals surface area (Å²) >= 11 is 0. The number of amides is 1. The van der Waals surface area contributed by atoms with Crippen molar-refractivity contribution in [2.24, 2.45) is 11.8 Å². The van der Waals surface area contributed by atoms with Crippen LogP contribution in [0.25, 0.3) is 10.9 Å². The van der Waals surface area contributed by atoms with Gasteiger partial charge in [-0.15, -0.1) is 0 Å². The topological polar surface area (TPSA) is 54.5 Å². The minimum Gasteiger partial charge on any atom is -0.344 e. The molecule has 0 spiro atoms. The second kappa shape index (κ2) is 8.26. The van der Waals surface area contributed by atoms with Crippen molar-refractivity contribution < 1.29 is 4.79 Å². The third-order valence-electron chi connectivity index (χ3n) is 6.65. The summed E-state index contributed by atoms with van der Waals surface area (Å²) in [5.41, 5.74) is 5.39. The van der Waals surface area contributed by atoms with Crippen LogP contribution < -0.4 is 5.84 Å². The van der Waals surface area contributed by atoms with E-state index in [1.54, 1.807) is 0 Å². The van der Waals surface area contributed by atoms with E-state index in [-0.39, 0.29) is 5.91 Å². The first-order valence-electron chi connectivity index (χ1n) is 10.9. The van der Waals surface area contributed by atoms with Crippen LogP contribution in [0.15, 0.2) is 18.2 Å². The molecule has 1 amide bonds. The van der Waals surface area contributed by atoms with Gasteiger partial charge in [0.15, 0.2) is 0 Å². The van der Waals surface area contributed by atoms with Crippen molar-refractivity contribution in [1.82, 2.24) is 14.5 Å². The second-order valence-electron chi connectivity index (χ2n) is 8.89. The van der Waals surface area contributed by atoms with Crippen LogP contribution in [0.2, 0.25) is 0 Å². The highest BCUT2D eigenvalue weighted by molar-refractivity contribution is 5.87. The van der Waals surface area contributed by atoms with Crippen LogP contribution in [-0.4, -0.2) is 40.5 Å². The number of carbonyl (C=O) groups excluding carboxylic acids is 1. The van der Waals surface area contributed by atoms with E-state index in [2.05, 4.69) is 41.6 Å². The van der Waals surface area contributed by atoms with Gasteiger partial charge < -0.3 is 9.47 Å². The molecule has 0 radical (unpaired) electrons. The number of hydrogen-bond donors (Lipinski definition) is 1. The molecule has 5 heteroatoms. The molecular formula is C23H34N4O. The van der Waals surface area contributed by atoms with Crippen LogP contribution >= 0.6 is 0 Å². The minimum atomic E-state index is 0.0706. The molecule has 1 aromatic carbocycles. The van der Waals surface area contributed by atoms with Gasteiger partial charge in [0.25, 0.3) is 0 Å². The van der Waals surface area contributed by atoms with E-state index in [0.29, 0.717) is 18.9 Å². The van der Waals surface area contributed by atoms with Gasteiger partial charge in [0.2, 0.25) is 5.91 Å². The van der Waals surface area contributed by atoms with Crippen molar-refractivity contribution in [3.8, 4) is 0 Å². The Morgan fingerprint density at radius 1 is 1.25 bits per heavy atom. The summed E-state index contributed by atoms with van der Waals surface area (Å²) in [6.07, 6.45) is 7.83. The third-order valence-corrected chi connectivity index (χ3v) is 6.65. The van der Waals surface area contributed by atoms with Crippen LogP contribution in [0.3, 0.4) is 0 Å². The van der Waals surface area contributed by atoms with E-state index in [9.17, 15) is 4.79 Å². The number of hydrazine groups is 1. The summed E-state index contributed by atoms with van der Waals surface area (Å²) in [4.78, 5) is 15.1. The maximum absolute atomic E-state index is 12.7. The van der Waals surface area contributed by atoms with Crippen LogP contribution in [0, 0.1) is 12.8 Å². The Labute approximate surface area is 168 Å². The van der Waals surface area contributed by atoms with E-state index in [4.69, 9.17) is 5.84 Å². The average molecular weight is 383 g/mol. The lowest BCUT2D eigenvalue weighted by Gasteiger charge is -2.27. The summed E-state index contributed by atoms with van der Waals surface area (Å²) in [6, 6.07) is 6.69. The lowest BCUT2D eigenvalue weighted by Crippen LogP contribution is -2.41. The predicted molar refractivity (Wildman–Crippen MR) is 114 cm³/mol. The zero-order valence-corrected chi connectivity index (χ0v) is 17.4.